The Hall–Kier alpha value is -4.23. The number of urea groups is 1. The summed E-state index contributed by atoms with van der Waals surface area (Å²) in [6.45, 7) is 4.06. The van der Waals surface area contributed by atoms with Gasteiger partial charge in [-0.05, 0) is 83.8 Å². The van der Waals surface area contributed by atoms with Gasteiger partial charge in [0, 0.05) is 10.0 Å². The summed E-state index contributed by atoms with van der Waals surface area (Å²) in [5.41, 5.74) is 3.55. The maximum Gasteiger partial charge on any atom is 0.335 e. The molecule has 4 aromatic carbocycles. The van der Waals surface area contributed by atoms with Crippen molar-refractivity contribution in [2.24, 2.45) is 0 Å². The van der Waals surface area contributed by atoms with Crippen LogP contribution in [0.2, 0.25) is 0 Å². The van der Waals surface area contributed by atoms with Crippen molar-refractivity contribution in [3.05, 3.63) is 111 Å². The summed E-state index contributed by atoms with van der Waals surface area (Å²) in [6.07, 6.45) is 1.46. The molecule has 0 spiro atoms. The van der Waals surface area contributed by atoms with Gasteiger partial charge in [0.25, 0.3) is 11.8 Å². The number of amides is 4. The van der Waals surface area contributed by atoms with Crippen LogP contribution in [0.5, 0.6) is 5.75 Å². The van der Waals surface area contributed by atoms with Gasteiger partial charge >= 0.3 is 6.03 Å². The molecule has 7 heteroatoms. The third kappa shape index (κ3) is 5.17. The lowest BCUT2D eigenvalue weighted by atomic mass is 10.0. The number of halogens is 1. The SMILES string of the molecule is Cc1cc(C)cc(N2C(=O)NC(=O)/C(=C\c3cc(Br)ccc3OCc3ccc4ccccc4c3)C2=O)c1. The van der Waals surface area contributed by atoms with Gasteiger partial charge in [-0.3, -0.25) is 14.9 Å². The summed E-state index contributed by atoms with van der Waals surface area (Å²) >= 11 is 3.45. The van der Waals surface area contributed by atoms with Gasteiger partial charge in [0.15, 0.2) is 0 Å². The second-order valence-corrected chi connectivity index (χ2v) is 9.87. The standard InChI is InChI=1S/C30H23BrN2O4/c1-18-11-19(2)13-25(12-18)33-29(35)26(28(34)32-30(33)36)16-23-15-24(31)9-10-27(23)37-17-20-7-8-21-5-3-4-6-22(21)14-20/h3-16H,17H2,1-2H3,(H,32,34,36)/b26-16+. The summed E-state index contributed by atoms with van der Waals surface area (Å²) in [4.78, 5) is 39.7. The fourth-order valence-electron chi connectivity index (χ4n) is 4.38. The number of ether oxygens (including phenoxy) is 1. The number of anilines is 1. The van der Waals surface area contributed by atoms with Crippen LogP contribution >= 0.6 is 15.9 Å². The summed E-state index contributed by atoms with van der Waals surface area (Å²) in [5, 5.41) is 4.54. The molecule has 1 fully saturated rings. The maximum absolute atomic E-state index is 13.4. The van der Waals surface area contributed by atoms with Crippen molar-refractivity contribution in [1.29, 1.82) is 0 Å². The number of fused-ring (bicyclic) bond motifs is 1. The normalized spacial score (nSPS) is 14.8. The topological polar surface area (TPSA) is 75.7 Å². The minimum atomic E-state index is -0.779. The minimum Gasteiger partial charge on any atom is -0.488 e. The van der Waals surface area contributed by atoms with Crippen molar-refractivity contribution < 1.29 is 19.1 Å². The smallest absolute Gasteiger partial charge is 0.335 e. The number of hydrogen-bond donors (Lipinski definition) is 1. The van der Waals surface area contributed by atoms with E-state index in [0.717, 1.165) is 36.8 Å². The monoisotopic (exact) mass is 554 g/mol. The highest BCUT2D eigenvalue weighted by Gasteiger charge is 2.37. The third-order valence-electron chi connectivity index (χ3n) is 6.05. The summed E-state index contributed by atoms with van der Waals surface area (Å²) in [5.74, 6) is -0.949. The fraction of sp³-hybridized carbons (Fsp3) is 0.100. The molecule has 184 valence electrons. The predicted octanol–water partition coefficient (Wildman–Crippen LogP) is 6.46. The molecule has 5 rings (SSSR count). The molecule has 4 aromatic rings. The molecule has 0 unspecified atom stereocenters. The third-order valence-corrected chi connectivity index (χ3v) is 6.54. The van der Waals surface area contributed by atoms with E-state index in [2.05, 4.69) is 33.4 Å². The average molecular weight is 555 g/mol. The van der Waals surface area contributed by atoms with Crippen molar-refractivity contribution in [2.75, 3.05) is 4.90 Å². The Morgan fingerprint density at radius 2 is 1.59 bits per heavy atom. The Labute approximate surface area is 222 Å². The zero-order valence-corrected chi connectivity index (χ0v) is 21.8. The van der Waals surface area contributed by atoms with Crippen LogP contribution in [-0.4, -0.2) is 17.8 Å². The van der Waals surface area contributed by atoms with Gasteiger partial charge in [0.05, 0.1) is 5.69 Å². The number of imide groups is 2. The highest BCUT2D eigenvalue weighted by molar-refractivity contribution is 9.10. The van der Waals surface area contributed by atoms with Crippen molar-refractivity contribution in [2.45, 2.75) is 20.5 Å². The van der Waals surface area contributed by atoms with Crippen LogP contribution in [0.1, 0.15) is 22.3 Å². The Morgan fingerprint density at radius 1 is 0.865 bits per heavy atom. The Balaban J connectivity index is 1.46. The first kappa shape index (κ1) is 24.5. The van der Waals surface area contributed by atoms with Gasteiger partial charge in [-0.15, -0.1) is 0 Å². The Kier molecular flexibility index (Phi) is 6.63. The van der Waals surface area contributed by atoms with E-state index < -0.39 is 17.8 Å². The highest BCUT2D eigenvalue weighted by atomic mass is 79.9. The fourth-order valence-corrected chi connectivity index (χ4v) is 4.76. The van der Waals surface area contributed by atoms with Crippen LogP contribution in [0.3, 0.4) is 0 Å². The van der Waals surface area contributed by atoms with Crippen LogP contribution in [0.4, 0.5) is 10.5 Å². The number of carbonyl (C=O) groups excluding carboxylic acids is 3. The molecule has 6 nitrogen and oxygen atoms in total. The number of hydrogen-bond acceptors (Lipinski definition) is 4. The zero-order valence-electron chi connectivity index (χ0n) is 20.2. The van der Waals surface area contributed by atoms with E-state index >= 15 is 0 Å². The summed E-state index contributed by atoms with van der Waals surface area (Å²) in [7, 11) is 0. The lowest BCUT2D eigenvalue weighted by Gasteiger charge is -2.27. The molecule has 1 heterocycles. The molecule has 0 atom stereocenters. The van der Waals surface area contributed by atoms with E-state index in [4.69, 9.17) is 4.74 Å². The van der Waals surface area contributed by atoms with Gasteiger partial charge in [0.1, 0.15) is 17.9 Å². The van der Waals surface area contributed by atoms with Gasteiger partial charge in [-0.1, -0.05) is 58.4 Å². The van der Waals surface area contributed by atoms with Crippen molar-refractivity contribution in [1.82, 2.24) is 5.32 Å². The second-order valence-electron chi connectivity index (χ2n) is 8.96. The predicted molar refractivity (Wildman–Crippen MR) is 147 cm³/mol. The van der Waals surface area contributed by atoms with Crippen LogP contribution in [0.15, 0.2) is 88.9 Å². The number of carbonyl (C=O) groups is 3. The van der Waals surface area contributed by atoms with Crippen molar-refractivity contribution in [3.8, 4) is 5.75 Å². The maximum atomic E-state index is 13.4. The molecule has 1 N–H and O–H groups in total. The lowest BCUT2D eigenvalue weighted by Crippen LogP contribution is -2.54. The number of rotatable bonds is 5. The molecule has 1 saturated heterocycles. The molecule has 37 heavy (non-hydrogen) atoms. The average Bonchev–Trinajstić information content (AvgIpc) is 2.85. The number of nitrogens with one attached hydrogen (secondary N) is 1. The van der Waals surface area contributed by atoms with Crippen LogP contribution in [0, 0.1) is 13.8 Å². The van der Waals surface area contributed by atoms with Gasteiger partial charge in [-0.25, -0.2) is 9.69 Å². The first-order chi connectivity index (χ1) is 17.8. The first-order valence-electron chi connectivity index (χ1n) is 11.7. The van der Waals surface area contributed by atoms with E-state index in [0.29, 0.717) is 23.6 Å². The first-order valence-corrected chi connectivity index (χ1v) is 12.5. The Bertz CT molecular complexity index is 1590. The van der Waals surface area contributed by atoms with E-state index in [1.54, 1.807) is 24.3 Å². The zero-order chi connectivity index (χ0) is 26.1. The van der Waals surface area contributed by atoms with E-state index in [9.17, 15) is 14.4 Å². The molecule has 0 aliphatic carbocycles. The quantitative estimate of drug-likeness (QED) is 0.227. The molecule has 0 bridgehead atoms. The number of nitrogens with zero attached hydrogens (tertiary/aromatic N) is 1. The molecule has 1 aliphatic rings. The van der Waals surface area contributed by atoms with Crippen LogP contribution in [0.25, 0.3) is 16.8 Å². The number of aryl methyl sites for hydroxylation is 2. The molecule has 1 aliphatic heterocycles. The lowest BCUT2D eigenvalue weighted by molar-refractivity contribution is -0.122. The molecular weight excluding hydrogens is 532 g/mol. The Morgan fingerprint density at radius 3 is 2.35 bits per heavy atom. The molecular formula is C30H23BrN2O4. The number of benzene rings is 4. The van der Waals surface area contributed by atoms with Crippen molar-refractivity contribution >= 4 is 56.3 Å². The van der Waals surface area contributed by atoms with Crippen LogP contribution < -0.4 is 15.0 Å². The number of barbiturate groups is 1. The minimum absolute atomic E-state index is 0.160. The van der Waals surface area contributed by atoms with Crippen molar-refractivity contribution in [3.63, 3.8) is 0 Å². The summed E-state index contributed by atoms with van der Waals surface area (Å²) in [6, 6.07) is 24.2. The summed E-state index contributed by atoms with van der Waals surface area (Å²) < 4.78 is 6.87. The molecule has 0 aromatic heterocycles. The van der Waals surface area contributed by atoms with Gasteiger partial charge in [-0.2, -0.15) is 0 Å². The molecule has 0 radical (unpaired) electrons. The van der Waals surface area contributed by atoms with E-state index in [1.807, 2.05) is 56.3 Å². The second kappa shape index (κ2) is 10.0. The van der Waals surface area contributed by atoms with Crippen LogP contribution in [-0.2, 0) is 16.2 Å². The molecule has 4 amide bonds. The largest absolute Gasteiger partial charge is 0.488 e. The van der Waals surface area contributed by atoms with Gasteiger partial charge < -0.3 is 4.74 Å². The van der Waals surface area contributed by atoms with E-state index in [-0.39, 0.29) is 5.57 Å². The van der Waals surface area contributed by atoms with Gasteiger partial charge in [0.2, 0.25) is 0 Å². The molecule has 0 saturated carbocycles. The van der Waals surface area contributed by atoms with E-state index in [1.165, 1.54) is 6.08 Å². The highest BCUT2D eigenvalue weighted by Crippen LogP contribution is 2.29.